The number of pyridine rings is 1. The van der Waals surface area contributed by atoms with Crippen LogP contribution in [0, 0.1) is 23.0 Å². The first-order chi connectivity index (χ1) is 9.11. The summed E-state index contributed by atoms with van der Waals surface area (Å²) in [6, 6.07) is 1.40. The number of aromatic nitrogens is 1. The maximum absolute atomic E-state index is 10.9. The molecule has 0 aromatic carbocycles. The van der Waals surface area contributed by atoms with Crippen LogP contribution in [-0.2, 0) is 0 Å². The lowest BCUT2D eigenvalue weighted by Gasteiger charge is -2.30. The molecule has 1 aliphatic carbocycles. The molecular formula is C13H19N3O3. The number of ether oxygens (including phenoxy) is 1. The van der Waals surface area contributed by atoms with Crippen molar-refractivity contribution < 1.29 is 9.66 Å². The summed E-state index contributed by atoms with van der Waals surface area (Å²) in [4.78, 5) is 14.6. The van der Waals surface area contributed by atoms with Crippen LogP contribution in [0.4, 0.5) is 5.69 Å². The number of nitro groups is 1. The molecule has 19 heavy (non-hydrogen) atoms. The average Bonchev–Trinajstić information content (AvgIpc) is 2.41. The van der Waals surface area contributed by atoms with E-state index in [0.717, 1.165) is 19.3 Å². The molecule has 104 valence electrons. The summed E-state index contributed by atoms with van der Waals surface area (Å²) in [5.41, 5.74) is 6.33. The Kier molecular flexibility index (Phi) is 4.31. The smallest absolute Gasteiger partial charge is 0.279 e. The van der Waals surface area contributed by atoms with Gasteiger partial charge >= 0.3 is 0 Å². The quantitative estimate of drug-likeness (QED) is 0.665. The second-order valence-corrected chi connectivity index (χ2v) is 5.00. The molecule has 1 saturated carbocycles. The second kappa shape index (κ2) is 5.97. The van der Waals surface area contributed by atoms with Crippen molar-refractivity contribution in [1.82, 2.24) is 4.98 Å². The molecule has 6 heteroatoms. The van der Waals surface area contributed by atoms with Gasteiger partial charge in [0.1, 0.15) is 6.10 Å². The third-order valence-electron chi connectivity index (χ3n) is 3.66. The van der Waals surface area contributed by atoms with Crippen molar-refractivity contribution in [2.45, 2.75) is 38.7 Å². The van der Waals surface area contributed by atoms with Gasteiger partial charge in [0.05, 0.1) is 11.0 Å². The van der Waals surface area contributed by atoms with E-state index in [9.17, 15) is 10.1 Å². The highest BCUT2D eigenvalue weighted by Crippen LogP contribution is 2.29. The molecule has 1 aliphatic rings. The minimum absolute atomic E-state index is 0.0218. The van der Waals surface area contributed by atoms with Gasteiger partial charge in [0, 0.05) is 17.7 Å². The van der Waals surface area contributed by atoms with E-state index in [2.05, 4.69) is 4.98 Å². The molecule has 2 rings (SSSR count). The molecule has 0 amide bonds. The molecule has 6 nitrogen and oxygen atoms in total. The van der Waals surface area contributed by atoms with E-state index in [-0.39, 0.29) is 11.8 Å². The lowest BCUT2D eigenvalue weighted by Crippen LogP contribution is -2.35. The summed E-state index contributed by atoms with van der Waals surface area (Å²) in [6.45, 7) is 2.25. The molecule has 2 unspecified atom stereocenters. The Balaban J connectivity index is 2.14. The van der Waals surface area contributed by atoms with Gasteiger partial charge in [-0.1, -0.05) is 6.42 Å². The minimum atomic E-state index is -0.412. The predicted octanol–water partition coefficient (Wildman–Crippen LogP) is 2.19. The number of nitrogens with zero attached hydrogens (tertiary/aromatic N) is 2. The van der Waals surface area contributed by atoms with Gasteiger partial charge < -0.3 is 10.5 Å². The summed E-state index contributed by atoms with van der Waals surface area (Å²) >= 11 is 0. The highest BCUT2D eigenvalue weighted by atomic mass is 16.6. The van der Waals surface area contributed by atoms with Gasteiger partial charge in [0.15, 0.2) is 0 Å². The fraction of sp³-hybridized carbons (Fsp3) is 0.615. The van der Waals surface area contributed by atoms with Gasteiger partial charge in [-0.15, -0.1) is 0 Å². The SMILES string of the molecule is Cc1cnc(OC2CCCCC2CN)cc1[N+](=O)[O-]. The monoisotopic (exact) mass is 265 g/mol. The van der Waals surface area contributed by atoms with Crippen LogP contribution in [0.3, 0.4) is 0 Å². The van der Waals surface area contributed by atoms with Gasteiger partial charge in [0.2, 0.25) is 5.88 Å². The van der Waals surface area contributed by atoms with Gasteiger partial charge in [0.25, 0.3) is 5.69 Å². The van der Waals surface area contributed by atoms with Crippen LogP contribution in [-0.4, -0.2) is 22.6 Å². The third-order valence-corrected chi connectivity index (χ3v) is 3.66. The number of hydrogen-bond donors (Lipinski definition) is 1. The Bertz CT molecular complexity index is 464. The Labute approximate surface area is 112 Å². The number of rotatable bonds is 4. The number of hydrogen-bond acceptors (Lipinski definition) is 5. The Morgan fingerprint density at radius 2 is 2.26 bits per heavy atom. The third kappa shape index (κ3) is 3.20. The lowest BCUT2D eigenvalue weighted by molar-refractivity contribution is -0.385. The van der Waals surface area contributed by atoms with Crippen LogP contribution in [0.25, 0.3) is 0 Å². The fourth-order valence-corrected chi connectivity index (χ4v) is 2.51. The van der Waals surface area contributed by atoms with Crippen molar-refractivity contribution in [3.05, 3.63) is 27.9 Å². The molecule has 1 heterocycles. The maximum atomic E-state index is 10.9. The van der Waals surface area contributed by atoms with Crippen molar-refractivity contribution in [2.24, 2.45) is 11.7 Å². The molecule has 0 saturated heterocycles. The summed E-state index contributed by atoms with van der Waals surface area (Å²) in [5, 5.41) is 10.9. The molecule has 2 N–H and O–H groups in total. The zero-order valence-electron chi connectivity index (χ0n) is 11.0. The van der Waals surface area contributed by atoms with E-state index in [0.29, 0.717) is 23.9 Å². The molecule has 2 atom stereocenters. The highest BCUT2D eigenvalue weighted by Gasteiger charge is 2.26. The second-order valence-electron chi connectivity index (χ2n) is 5.00. The zero-order valence-corrected chi connectivity index (χ0v) is 11.0. The molecule has 0 spiro atoms. The highest BCUT2D eigenvalue weighted by molar-refractivity contribution is 5.40. The maximum Gasteiger partial charge on any atom is 0.279 e. The molecule has 1 aromatic rings. The standard InChI is InChI=1S/C13H19N3O3/c1-9-8-15-13(6-11(9)16(17)18)19-12-5-3-2-4-10(12)7-14/h6,8,10,12H,2-5,7,14H2,1H3. The first-order valence-corrected chi connectivity index (χ1v) is 6.59. The minimum Gasteiger partial charge on any atom is -0.474 e. The molecule has 1 aromatic heterocycles. The van der Waals surface area contributed by atoms with E-state index in [1.807, 2.05) is 0 Å². The Morgan fingerprint density at radius 1 is 1.53 bits per heavy atom. The summed E-state index contributed by atoms with van der Waals surface area (Å²) in [6.07, 6.45) is 5.76. The summed E-state index contributed by atoms with van der Waals surface area (Å²) in [7, 11) is 0. The molecule has 0 aliphatic heterocycles. The van der Waals surface area contributed by atoms with E-state index in [1.165, 1.54) is 18.7 Å². The van der Waals surface area contributed by atoms with Crippen molar-refractivity contribution >= 4 is 5.69 Å². The summed E-state index contributed by atoms with van der Waals surface area (Å²) < 4.78 is 5.81. The number of nitrogens with two attached hydrogens (primary N) is 1. The Hall–Kier alpha value is -1.69. The van der Waals surface area contributed by atoms with Gasteiger partial charge in [-0.3, -0.25) is 10.1 Å². The first kappa shape index (κ1) is 13.7. The van der Waals surface area contributed by atoms with Gasteiger partial charge in [-0.2, -0.15) is 0 Å². The van der Waals surface area contributed by atoms with E-state index >= 15 is 0 Å². The van der Waals surface area contributed by atoms with E-state index in [1.54, 1.807) is 6.92 Å². The average molecular weight is 265 g/mol. The van der Waals surface area contributed by atoms with E-state index in [4.69, 9.17) is 10.5 Å². The van der Waals surface area contributed by atoms with Crippen LogP contribution < -0.4 is 10.5 Å². The topological polar surface area (TPSA) is 91.3 Å². The molecule has 1 fully saturated rings. The van der Waals surface area contributed by atoms with Gasteiger partial charge in [-0.25, -0.2) is 4.98 Å². The van der Waals surface area contributed by atoms with Gasteiger partial charge in [-0.05, 0) is 32.7 Å². The first-order valence-electron chi connectivity index (χ1n) is 6.59. The molecule has 0 bridgehead atoms. The van der Waals surface area contributed by atoms with Crippen LogP contribution in [0.15, 0.2) is 12.3 Å². The fourth-order valence-electron chi connectivity index (χ4n) is 2.51. The van der Waals surface area contributed by atoms with Crippen LogP contribution in [0.1, 0.15) is 31.2 Å². The largest absolute Gasteiger partial charge is 0.474 e. The molecular weight excluding hydrogens is 246 g/mol. The van der Waals surface area contributed by atoms with Crippen LogP contribution >= 0.6 is 0 Å². The Morgan fingerprint density at radius 3 is 2.95 bits per heavy atom. The van der Waals surface area contributed by atoms with Crippen molar-refractivity contribution in [3.63, 3.8) is 0 Å². The van der Waals surface area contributed by atoms with Crippen molar-refractivity contribution in [1.29, 1.82) is 0 Å². The van der Waals surface area contributed by atoms with Crippen LogP contribution in [0.5, 0.6) is 5.88 Å². The van der Waals surface area contributed by atoms with Crippen molar-refractivity contribution in [3.8, 4) is 5.88 Å². The predicted molar refractivity (Wildman–Crippen MR) is 71.1 cm³/mol. The summed E-state index contributed by atoms with van der Waals surface area (Å²) in [5.74, 6) is 0.638. The lowest BCUT2D eigenvalue weighted by atomic mass is 9.86. The normalized spacial score (nSPS) is 23.1. The molecule has 0 radical (unpaired) electrons. The number of aryl methyl sites for hydroxylation is 1. The van der Waals surface area contributed by atoms with Crippen LogP contribution in [0.2, 0.25) is 0 Å². The van der Waals surface area contributed by atoms with Crippen molar-refractivity contribution in [2.75, 3.05) is 6.54 Å². The van der Waals surface area contributed by atoms with E-state index < -0.39 is 4.92 Å². The zero-order chi connectivity index (χ0) is 13.8.